The van der Waals surface area contributed by atoms with E-state index in [1.54, 1.807) is 0 Å². The van der Waals surface area contributed by atoms with Gasteiger partial charge in [0.1, 0.15) is 33.1 Å². The predicted molar refractivity (Wildman–Crippen MR) is 105 cm³/mol. The number of rotatable bonds is 6. The summed E-state index contributed by atoms with van der Waals surface area (Å²) in [6.07, 6.45) is 0. The van der Waals surface area contributed by atoms with Crippen LogP contribution in [0.5, 0.6) is 35.3 Å². The van der Waals surface area contributed by atoms with E-state index in [2.05, 4.69) is 29.9 Å². The Labute approximate surface area is 170 Å². The number of benzene rings is 1. The van der Waals surface area contributed by atoms with Crippen LogP contribution in [0.1, 0.15) is 0 Å². The fraction of sp³-hybridized carbons (Fsp3) is 0.333. The second kappa shape index (κ2) is 7.46. The van der Waals surface area contributed by atoms with Crippen LogP contribution in [0.15, 0.2) is 0 Å². The third-order valence-electron chi connectivity index (χ3n) is 4.33. The van der Waals surface area contributed by atoms with Gasteiger partial charge in [-0.05, 0) is 0 Å². The Morgan fingerprint density at radius 2 is 0.433 bits per heavy atom. The van der Waals surface area contributed by atoms with E-state index in [0.29, 0.717) is 33.1 Å². The zero-order chi connectivity index (χ0) is 21.4. The van der Waals surface area contributed by atoms with E-state index in [4.69, 9.17) is 28.4 Å². The van der Waals surface area contributed by atoms with Crippen LogP contribution in [0.3, 0.4) is 0 Å². The third kappa shape index (κ3) is 2.76. The average molecular weight is 414 g/mol. The van der Waals surface area contributed by atoms with Crippen molar-refractivity contribution >= 4 is 33.1 Å². The minimum Gasteiger partial charge on any atom is -0.477 e. The largest absolute Gasteiger partial charge is 0.477 e. The summed E-state index contributed by atoms with van der Waals surface area (Å²) in [4.78, 5) is 27.1. The maximum absolute atomic E-state index is 5.30. The Bertz CT molecular complexity index is 999. The summed E-state index contributed by atoms with van der Waals surface area (Å²) in [5.41, 5.74) is 2.20. The highest BCUT2D eigenvalue weighted by Crippen LogP contribution is 2.38. The van der Waals surface area contributed by atoms with Gasteiger partial charge in [-0.2, -0.15) is 0 Å². The molecular weight excluding hydrogens is 396 g/mol. The quantitative estimate of drug-likeness (QED) is 0.424. The van der Waals surface area contributed by atoms with Crippen LogP contribution in [-0.4, -0.2) is 72.6 Å². The molecule has 0 saturated carbocycles. The molecule has 0 aliphatic rings. The van der Waals surface area contributed by atoms with Gasteiger partial charge in [0.2, 0.25) is 0 Å². The number of ether oxygens (including phenoxy) is 6. The van der Waals surface area contributed by atoms with E-state index in [0.717, 1.165) is 0 Å². The fourth-order valence-electron chi connectivity index (χ4n) is 3.00. The van der Waals surface area contributed by atoms with Crippen molar-refractivity contribution in [3.8, 4) is 35.3 Å². The molecular formula is C18H18N6O6. The van der Waals surface area contributed by atoms with Crippen LogP contribution in [-0.2, 0) is 0 Å². The summed E-state index contributed by atoms with van der Waals surface area (Å²) in [6, 6.07) is 0. The van der Waals surface area contributed by atoms with Crippen LogP contribution in [0.25, 0.3) is 33.1 Å². The molecule has 0 saturated heterocycles. The molecule has 0 aliphatic carbocycles. The van der Waals surface area contributed by atoms with E-state index < -0.39 is 0 Å². The third-order valence-corrected chi connectivity index (χ3v) is 4.33. The second-order valence-corrected chi connectivity index (χ2v) is 5.82. The number of nitrogens with zero attached hydrogens (tertiary/aromatic N) is 6. The zero-order valence-corrected chi connectivity index (χ0v) is 17.1. The Balaban J connectivity index is 2.29. The standard InChI is InChI=1S/C18H18N6O6/c1-25-13-14(26-2)20-8-7(19-13)9-11(23-16(28-4)15(21-9)27-3)12-10(8)22-17(29-5)18(24-12)30-6/h1-6H3. The number of methoxy groups -OCH3 is 6. The molecule has 0 atom stereocenters. The van der Waals surface area contributed by atoms with Gasteiger partial charge in [0.25, 0.3) is 35.3 Å². The van der Waals surface area contributed by atoms with Gasteiger partial charge in [-0.25, -0.2) is 29.9 Å². The topological polar surface area (TPSA) is 133 Å². The normalized spacial score (nSPS) is 11.0. The Hall–Kier alpha value is -3.96. The highest BCUT2D eigenvalue weighted by molar-refractivity contribution is 6.18. The van der Waals surface area contributed by atoms with Crippen LogP contribution < -0.4 is 28.4 Å². The van der Waals surface area contributed by atoms with Gasteiger partial charge in [-0.3, -0.25) is 0 Å². The summed E-state index contributed by atoms with van der Waals surface area (Å²) >= 11 is 0. The lowest BCUT2D eigenvalue weighted by Gasteiger charge is -2.13. The van der Waals surface area contributed by atoms with Crippen molar-refractivity contribution in [2.24, 2.45) is 0 Å². The van der Waals surface area contributed by atoms with Crippen molar-refractivity contribution in [1.29, 1.82) is 0 Å². The summed E-state index contributed by atoms with van der Waals surface area (Å²) in [5.74, 6) is 1.06. The predicted octanol–water partition coefficient (Wildman–Crippen LogP) is 1.57. The molecule has 0 amide bonds. The first-order valence-electron chi connectivity index (χ1n) is 8.61. The number of aromatic nitrogens is 6. The molecule has 0 N–H and O–H groups in total. The van der Waals surface area contributed by atoms with Crippen LogP contribution in [0.2, 0.25) is 0 Å². The molecule has 12 heteroatoms. The molecule has 0 fully saturated rings. The molecule has 156 valence electrons. The first-order chi connectivity index (χ1) is 14.6. The molecule has 0 spiro atoms. The lowest BCUT2D eigenvalue weighted by Crippen LogP contribution is -2.05. The molecule has 3 aromatic heterocycles. The Kier molecular flexibility index (Phi) is 4.82. The van der Waals surface area contributed by atoms with Gasteiger partial charge in [0.05, 0.1) is 42.7 Å². The molecule has 30 heavy (non-hydrogen) atoms. The number of hydrogen-bond acceptors (Lipinski definition) is 12. The van der Waals surface area contributed by atoms with E-state index in [1.165, 1.54) is 42.7 Å². The van der Waals surface area contributed by atoms with Crippen molar-refractivity contribution in [2.45, 2.75) is 0 Å². The maximum Gasteiger partial charge on any atom is 0.278 e. The van der Waals surface area contributed by atoms with Gasteiger partial charge < -0.3 is 28.4 Å². The van der Waals surface area contributed by atoms with E-state index in [-0.39, 0.29) is 35.3 Å². The summed E-state index contributed by atoms with van der Waals surface area (Å²) < 4.78 is 31.8. The number of hydrogen-bond donors (Lipinski definition) is 0. The first kappa shape index (κ1) is 19.4. The van der Waals surface area contributed by atoms with Crippen molar-refractivity contribution in [3.05, 3.63) is 0 Å². The minimum atomic E-state index is 0.177. The molecule has 4 rings (SSSR count). The molecule has 0 aliphatic heterocycles. The SMILES string of the molecule is COc1nc2c3nc(OC)c(OC)nc3c3nc(OC)c(OC)nc3c2nc1OC. The maximum atomic E-state index is 5.30. The fourth-order valence-corrected chi connectivity index (χ4v) is 3.00. The molecule has 4 aromatic rings. The Morgan fingerprint density at radius 3 is 0.533 bits per heavy atom. The average Bonchev–Trinajstić information content (AvgIpc) is 2.81. The van der Waals surface area contributed by atoms with E-state index >= 15 is 0 Å². The van der Waals surface area contributed by atoms with Crippen molar-refractivity contribution in [3.63, 3.8) is 0 Å². The lowest BCUT2D eigenvalue weighted by atomic mass is 10.2. The smallest absolute Gasteiger partial charge is 0.278 e. The molecule has 0 unspecified atom stereocenters. The van der Waals surface area contributed by atoms with Crippen LogP contribution in [0.4, 0.5) is 0 Å². The van der Waals surface area contributed by atoms with E-state index in [1.807, 2.05) is 0 Å². The summed E-state index contributed by atoms with van der Waals surface area (Å²) in [7, 11) is 8.78. The molecule has 3 heterocycles. The van der Waals surface area contributed by atoms with Crippen molar-refractivity contribution in [1.82, 2.24) is 29.9 Å². The molecule has 0 radical (unpaired) electrons. The molecule has 1 aromatic carbocycles. The van der Waals surface area contributed by atoms with Crippen molar-refractivity contribution in [2.75, 3.05) is 42.7 Å². The summed E-state index contributed by atoms with van der Waals surface area (Å²) in [6.45, 7) is 0. The van der Waals surface area contributed by atoms with Gasteiger partial charge in [-0.15, -0.1) is 0 Å². The van der Waals surface area contributed by atoms with Gasteiger partial charge in [0, 0.05) is 0 Å². The van der Waals surface area contributed by atoms with Gasteiger partial charge in [0.15, 0.2) is 0 Å². The summed E-state index contributed by atoms with van der Waals surface area (Å²) in [5, 5.41) is 0. The van der Waals surface area contributed by atoms with Gasteiger partial charge in [-0.1, -0.05) is 0 Å². The number of fused-ring (bicyclic) bond motifs is 6. The molecule has 0 bridgehead atoms. The highest BCUT2D eigenvalue weighted by atomic mass is 16.5. The van der Waals surface area contributed by atoms with Crippen LogP contribution >= 0.6 is 0 Å². The monoisotopic (exact) mass is 414 g/mol. The van der Waals surface area contributed by atoms with Crippen LogP contribution in [0, 0.1) is 0 Å². The highest BCUT2D eigenvalue weighted by Gasteiger charge is 2.24. The van der Waals surface area contributed by atoms with E-state index in [9.17, 15) is 0 Å². The lowest BCUT2D eigenvalue weighted by molar-refractivity contribution is 0.332. The van der Waals surface area contributed by atoms with Gasteiger partial charge >= 0.3 is 0 Å². The zero-order valence-electron chi connectivity index (χ0n) is 17.1. The minimum absolute atomic E-state index is 0.177. The van der Waals surface area contributed by atoms with Crippen molar-refractivity contribution < 1.29 is 28.4 Å². The first-order valence-corrected chi connectivity index (χ1v) is 8.61. The Morgan fingerprint density at radius 1 is 0.300 bits per heavy atom. The molecule has 12 nitrogen and oxygen atoms in total. The second-order valence-electron chi connectivity index (χ2n) is 5.82.